The molecule has 3 aliphatic rings. The summed E-state index contributed by atoms with van der Waals surface area (Å²) in [6, 6.07) is 1.87. The molecule has 0 spiro atoms. The molecule has 2 amide bonds. The molecule has 1 aromatic heterocycles. The Morgan fingerprint density at radius 3 is 3.00 bits per heavy atom. The fraction of sp³-hybridized carbons (Fsp3) is 0.318. The number of fused-ring (bicyclic) bond motifs is 1. The van der Waals surface area contributed by atoms with Crippen molar-refractivity contribution in [2.75, 3.05) is 18.4 Å². The van der Waals surface area contributed by atoms with E-state index in [0.29, 0.717) is 5.82 Å². The fourth-order valence-electron chi connectivity index (χ4n) is 3.59. The first-order valence-corrected chi connectivity index (χ1v) is 9.65. The predicted molar refractivity (Wildman–Crippen MR) is 107 cm³/mol. The summed E-state index contributed by atoms with van der Waals surface area (Å²) in [7, 11) is 0. The highest BCUT2D eigenvalue weighted by Crippen LogP contribution is 2.24. The van der Waals surface area contributed by atoms with Gasteiger partial charge in [0.15, 0.2) is 0 Å². The van der Waals surface area contributed by atoms with E-state index in [1.165, 1.54) is 11.1 Å². The molecule has 28 heavy (non-hydrogen) atoms. The molecule has 0 atom stereocenters. The first-order valence-electron chi connectivity index (χ1n) is 9.65. The van der Waals surface area contributed by atoms with Crippen LogP contribution in [-0.2, 0) is 16.1 Å². The number of hydrogen-bond acceptors (Lipinski definition) is 4. The Bertz CT molecular complexity index is 912. The maximum atomic E-state index is 12.6. The minimum absolute atomic E-state index is 0.00471. The lowest BCUT2D eigenvalue weighted by Gasteiger charge is -2.19. The minimum Gasteiger partial charge on any atom is -0.444 e. The molecule has 3 heterocycles. The number of anilines is 1. The highest BCUT2D eigenvalue weighted by Gasteiger charge is 2.18. The number of carbonyl (C=O) groups excluding carboxylic acids is 2. The van der Waals surface area contributed by atoms with Gasteiger partial charge in [-0.15, -0.1) is 0 Å². The Kier molecular flexibility index (Phi) is 5.37. The summed E-state index contributed by atoms with van der Waals surface area (Å²) in [5.74, 6) is 0.516. The van der Waals surface area contributed by atoms with Crippen LogP contribution in [0.15, 0.2) is 53.8 Å². The van der Waals surface area contributed by atoms with E-state index in [0.717, 1.165) is 49.9 Å². The molecule has 0 fully saturated rings. The number of nitrogens with one attached hydrogen (secondary N) is 1. The van der Waals surface area contributed by atoms with E-state index in [9.17, 15) is 9.59 Å². The van der Waals surface area contributed by atoms with Gasteiger partial charge in [0.1, 0.15) is 12.4 Å². The van der Waals surface area contributed by atoms with Gasteiger partial charge in [-0.25, -0.2) is 9.78 Å². The number of cyclic esters (lactones) is 1. The zero-order valence-electron chi connectivity index (χ0n) is 15.7. The van der Waals surface area contributed by atoms with Gasteiger partial charge in [-0.1, -0.05) is 24.3 Å². The lowest BCUT2D eigenvalue weighted by atomic mass is 9.97. The van der Waals surface area contributed by atoms with Crippen LogP contribution in [0.5, 0.6) is 0 Å². The minimum atomic E-state index is -0.493. The van der Waals surface area contributed by atoms with E-state index in [-0.39, 0.29) is 12.5 Å². The summed E-state index contributed by atoms with van der Waals surface area (Å²) >= 11 is 0. The summed E-state index contributed by atoms with van der Waals surface area (Å²) in [5, 5.41) is 2.56. The normalized spacial score (nSPS) is 19.3. The van der Waals surface area contributed by atoms with Gasteiger partial charge in [0.05, 0.1) is 0 Å². The number of nitrogens with zero attached hydrogens (tertiary/aromatic N) is 2. The first-order chi connectivity index (χ1) is 13.7. The Hall–Kier alpha value is -3.15. The van der Waals surface area contributed by atoms with E-state index in [1.807, 2.05) is 11.0 Å². The maximum Gasteiger partial charge on any atom is 0.413 e. The third-order valence-corrected chi connectivity index (χ3v) is 5.10. The molecule has 0 unspecified atom stereocenters. The largest absolute Gasteiger partial charge is 0.444 e. The smallest absolute Gasteiger partial charge is 0.413 e. The molecular formula is C22H23N3O3. The summed E-state index contributed by atoms with van der Waals surface area (Å²) in [6.07, 6.45) is 17.4. The van der Waals surface area contributed by atoms with E-state index in [1.54, 1.807) is 18.3 Å². The quantitative estimate of drug-likeness (QED) is 0.809. The molecular weight excluding hydrogens is 354 g/mol. The molecule has 0 bridgehead atoms. The number of ether oxygens (including phenoxy) is 1. The van der Waals surface area contributed by atoms with Crippen molar-refractivity contribution in [3.63, 3.8) is 0 Å². The molecule has 6 nitrogen and oxygen atoms in total. The number of rotatable bonds is 3. The monoisotopic (exact) mass is 377 g/mol. The molecule has 1 aliphatic carbocycles. The van der Waals surface area contributed by atoms with Crippen molar-refractivity contribution in [2.24, 2.45) is 0 Å². The molecule has 4 rings (SSSR count). The average Bonchev–Trinajstić information content (AvgIpc) is 2.99. The molecule has 0 saturated heterocycles. The van der Waals surface area contributed by atoms with Crippen LogP contribution in [0.3, 0.4) is 0 Å². The van der Waals surface area contributed by atoms with Crippen LogP contribution in [0.4, 0.5) is 10.6 Å². The van der Waals surface area contributed by atoms with Crippen LogP contribution in [0.25, 0.3) is 6.08 Å². The second-order valence-electron chi connectivity index (χ2n) is 7.04. The first kappa shape index (κ1) is 18.2. The molecule has 2 aliphatic heterocycles. The topological polar surface area (TPSA) is 71.5 Å². The molecule has 6 heteroatoms. The Labute approximate surface area is 164 Å². The van der Waals surface area contributed by atoms with Crippen molar-refractivity contribution in [1.82, 2.24) is 9.88 Å². The van der Waals surface area contributed by atoms with Gasteiger partial charge in [0.2, 0.25) is 5.91 Å². The molecule has 1 N–H and O–H groups in total. The highest BCUT2D eigenvalue weighted by atomic mass is 16.5. The number of hydrogen-bond donors (Lipinski definition) is 1. The molecule has 1 aromatic rings. The zero-order valence-corrected chi connectivity index (χ0v) is 15.7. The van der Waals surface area contributed by atoms with Crippen LogP contribution in [0, 0.1) is 0 Å². The van der Waals surface area contributed by atoms with Gasteiger partial charge in [0.25, 0.3) is 0 Å². The van der Waals surface area contributed by atoms with Gasteiger partial charge >= 0.3 is 6.09 Å². The van der Waals surface area contributed by atoms with Gasteiger partial charge in [0, 0.05) is 30.9 Å². The Balaban J connectivity index is 1.37. The van der Waals surface area contributed by atoms with Crippen molar-refractivity contribution in [2.45, 2.75) is 32.3 Å². The lowest BCUT2D eigenvalue weighted by Crippen LogP contribution is -2.30. The van der Waals surface area contributed by atoms with Crippen molar-refractivity contribution in [3.8, 4) is 0 Å². The summed E-state index contributed by atoms with van der Waals surface area (Å²) in [6.45, 7) is 1.64. The maximum absolute atomic E-state index is 12.6. The zero-order chi connectivity index (χ0) is 19.3. The summed E-state index contributed by atoms with van der Waals surface area (Å²) in [5.41, 5.74) is 4.26. The number of aromatic nitrogens is 1. The molecule has 144 valence electrons. The third-order valence-electron chi connectivity index (χ3n) is 5.10. The van der Waals surface area contributed by atoms with Gasteiger partial charge in [-0.05, 0) is 54.5 Å². The predicted octanol–water partition coefficient (Wildman–Crippen LogP) is 3.98. The van der Waals surface area contributed by atoms with Gasteiger partial charge in [-0.2, -0.15) is 0 Å². The summed E-state index contributed by atoms with van der Waals surface area (Å²) in [4.78, 5) is 29.9. The van der Waals surface area contributed by atoms with E-state index >= 15 is 0 Å². The highest BCUT2D eigenvalue weighted by molar-refractivity contribution is 5.92. The van der Waals surface area contributed by atoms with Crippen LogP contribution >= 0.6 is 0 Å². The molecule has 0 radical (unpaired) electrons. The second-order valence-corrected chi connectivity index (χ2v) is 7.04. The van der Waals surface area contributed by atoms with E-state index in [2.05, 4.69) is 34.6 Å². The van der Waals surface area contributed by atoms with Crippen molar-refractivity contribution in [1.29, 1.82) is 0 Å². The van der Waals surface area contributed by atoms with Crippen LogP contribution < -0.4 is 5.32 Å². The number of amides is 2. The molecule has 0 aromatic carbocycles. The standard InChI is InChI=1S/C22H23N3O3/c26-20(9-8-16-13-19-15-28-22(27)24-21(19)23-14-16)25-11-4-7-18(10-12-25)17-5-2-1-3-6-17/h2,5-9,13-14H,1,3-4,10-12,15H2,(H,23,24,27)/b9-8+. The van der Waals surface area contributed by atoms with Crippen LogP contribution in [0.1, 0.15) is 36.8 Å². The summed E-state index contributed by atoms with van der Waals surface area (Å²) < 4.78 is 4.95. The van der Waals surface area contributed by atoms with Crippen molar-refractivity contribution < 1.29 is 14.3 Å². The van der Waals surface area contributed by atoms with Crippen molar-refractivity contribution in [3.05, 3.63) is 64.9 Å². The number of allylic oxidation sites excluding steroid dienone is 4. The SMILES string of the molecule is O=C1Nc2ncc(/C=C/C(=O)N3CCC=C(C4=CCCC=C4)CC3)cc2CO1. The lowest BCUT2D eigenvalue weighted by molar-refractivity contribution is -0.125. The number of pyridine rings is 1. The van der Waals surface area contributed by atoms with Gasteiger partial charge in [-0.3, -0.25) is 10.1 Å². The number of carbonyl (C=O) groups is 2. The van der Waals surface area contributed by atoms with E-state index in [4.69, 9.17) is 4.74 Å². The molecule has 0 saturated carbocycles. The van der Waals surface area contributed by atoms with Crippen molar-refractivity contribution >= 4 is 23.9 Å². The van der Waals surface area contributed by atoms with Gasteiger partial charge < -0.3 is 9.64 Å². The van der Waals surface area contributed by atoms with Crippen LogP contribution in [0.2, 0.25) is 0 Å². The Morgan fingerprint density at radius 2 is 2.14 bits per heavy atom. The van der Waals surface area contributed by atoms with Crippen LogP contribution in [-0.4, -0.2) is 35.0 Å². The second kappa shape index (κ2) is 8.25. The average molecular weight is 377 g/mol. The Morgan fingerprint density at radius 1 is 1.21 bits per heavy atom. The van der Waals surface area contributed by atoms with E-state index < -0.39 is 6.09 Å². The third kappa shape index (κ3) is 4.22. The fourth-order valence-corrected chi connectivity index (χ4v) is 3.59.